The fourth-order valence-corrected chi connectivity index (χ4v) is 3.89. The van der Waals surface area contributed by atoms with E-state index in [-0.39, 0.29) is 0 Å². The monoisotopic (exact) mass is 289 g/mol. The minimum absolute atomic E-state index is 0.515. The summed E-state index contributed by atoms with van der Waals surface area (Å²) in [5, 5.41) is 8.21. The molecule has 0 spiro atoms. The van der Waals surface area contributed by atoms with Gasteiger partial charge in [-0.15, -0.1) is 0 Å². The molecule has 1 N–H and O–H groups in total. The highest BCUT2D eigenvalue weighted by molar-refractivity contribution is 5.07. The van der Waals surface area contributed by atoms with Crippen LogP contribution in [0.1, 0.15) is 58.4 Å². The molecule has 1 aromatic heterocycles. The van der Waals surface area contributed by atoms with Gasteiger partial charge in [-0.2, -0.15) is 5.10 Å². The molecule has 2 saturated carbocycles. The Balaban J connectivity index is 1.63. The maximum absolute atomic E-state index is 4.45. The van der Waals surface area contributed by atoms with Gasteiger partial charge in [-0.1, -0.05) is 13.8 Å². The van der Waals surface area contributed by atoms with Crippen molar-refractivity contribution >= 4 is 0 Å². The fraction of sp³-hybridized carbons (Fsp3) is 0.833. The van der Waals surface area contributed by atoms with Gasteiger partial charge in [0.1, 0.15) is 0 Å². The minimum Gasteiger partial charge on any atom is -0.314 e. The van der Waals surface area contributed by atoms with Gasteiger partial charge in [0.05, 0.1) is 6.20 Å². The number of nitrogens with zero attached hydrogens (tertiary/aromatic N) is 2. The van der Waals surface area contributed by atoms with Crippen LogP contribution in [0.25, 0.3) is 0 Å². The van der Waals surface area contributed by atoms with Crippen LogP contribution in [-0.4, -0.2) is 22.4 Å². The largest absolute Gasteiger partial charge is 0.314 e. The van der Waals surface area contributed by atoms with Crippen LogP contribution in [0.15, 0.2) is 12.4 Å². The van der Waals surface area contributed by atoms with Crippen molar-refractivity contribution in [2.45, 2.75) is 71.9 Å². The molecule has 1 heterocycles. The molecule has 2 aliphatic carbocycles. The first-order chi connectivity index (χ1) is 10.1. The topological polar surface area (TPSA) is 29.9 Å². The first-order valence-corrected chi connectivity index (χ1v) is 8.80. The van der Waals surface area contributed by atoms with Crippen LogP contribution in [0.4, 0.5) is 0 Å². The lowest BCUT2D eigenvalue weighted by Crippen LogP contribution is -2.37. The van der Waals surface area contributed by atoms with Gasteiger partial charge in [0.25, 0.3) is 0 Å². The molecule has 21 heavy (non-hydrogen) atoms. The molecule has 2 atom stereocenters. The molecule has 3 nitrogen and oxygen atoms in total. The van der Waals surface area contributed by atoms with E-state index >= 15 is 0 Å². The van der Waals surface area contributed by atoms with Crippen molar-refractivity contribution in [2.24, 2.45) is 17.3 Å². The summed E-state index contributed by atoms with van der Waals surface area (Å²) in [5.41, 5.74) is 1.94. The number of hydrogen-bond acceptors (Lipinski definition) is 2. The quantitative estimate of drug-likeness (QED) is 0.866. The highest BCUT2D eigenvalue weighted by atomic mass is 15.3. The van der Waals surface area contributed by atoms with Crippen molar-refractivity contribution in [1.29, 1.82) is 0 Å². The van der Waals surface area contributed by atoms with Gasteiger partial charge in [0.15, 0.2) is 0 Å². The molecule has 0 aliphatic heterocycles. The average molecular weight is 289 g/mol. The SMILES string of the molecule is CCn1cc(CC2CC(C)(C)CCC2CNC2CC2)cn1. The lowest BCUT2D eigenvalue weighted by molar-refractivity contribution is 0.115. The van der Waals surface area contributed by atoms with Gasteiger partial charge in [-0.3, -0.25) is 4.68 Å². The molecule has 2 unspecified atom stereocenters. The van der Waals surface area contributed by atoms with Crippen LogP contribution < -0.4 is 5.32 Å². The molecule has 0 bridgehead atoms. The number of aryl methyl sites for hydroxylation is 1. The summed E-state index contributed by atoms with van der Waals surface area (Å²) >= 11 is 0. The predicted molar refractivity (Wildman–Crippen MR) is 87.2 cm³/mol. The average Bonchev–Trinajstić information content (AvgIpc) is 3.15. The smallest absolute Gasteiger partial charge is 0.0521 e. The highest BCUT2D eigenvalue weighted by Gasteiger charge is 2.35. The molecule has 2 fully saturated rings. The zero-order chi connectivity index (χ0) is 14.9. The first kappa shape index (κ1) is 15.1. The van der Waals surface area contributed by atoms with Crippen LogP contribution in [0, 0.1) is 17.3 Å². The Bertz CT molecular complexity index is 457. The van der Waals surface area contributed by atoms with Gasteiger partial charge < -0.3 is 5.32 Å². The standard InChI is InChI=1S/C18H31N3/c1-4-21-13-14(11-20-21)9-16-10-18(2,3)8-7-15(16)12-19-17-5-6-17/h11,13,15-17,19H,4-10,12H2,1-3H3. The van der Waals surface area contributed by atoms with Gasteiger partial charge in [0, 0.05) is 18.8 Å². The summed E-state index contributed by atoms with van der Waals surface area (Å²) in [6.07, 6.45) is 12.5. The maximum Gasteiger partial charge on any atom is 0.0521 e. The van der Waals surface area contributed by atoms with E-state index in [1.54, 1.807) is 0 Å². The van der Waals surface area contributed by atoms with Crippen molar-refractivity contribution in [3.05, 3.63) is 18.0 Å². The summed E-state index contributed by atoms with van der Waals surface area (Å²) in [7, 11) is 0. The Morgan fingerprint density at radius 1 is 1.29 bits per heavy atom. The summed E-state index contributed by atoms with van der Waals surface area (Å²) < 4.78 is 2.06. The van der Waals surface area contributed by atoms with E-state index < -0.39 is 0 Å². The maximum atomic E-state index is 4.45. The second kappa shape index (κ2) is 6.12. The fourth-order valence-electron chi connectivity index (χ4n) is 3.89. The molecular formula is C18H31N3. The number of nitrogens with one attached hydrogen (secondary N) is 1. The molecule has 3 heteroatoms. The van der Waals surface area contributed by atoms with E-state index in [1.807, 2.05) is 0 Å². The Labute approximate surface area is 129 Å². The van der Waals surface area contributed by atoms with E-state index in [4.69, 9.17) is 0 Å². The summed E-state index contributed by atoms with van der Waals surface area (Å²) in [6.45, 7) is 9.25. The van der Waals surface area contributed by atoms with Crippen LogP contribution in [-0.2, 0) is 13.0 Å². The Morgan fingerprint density at radius 3 is 2.76 bits per heavy atom. The Hall–Kier alpha value is -0.830. The van der Waals surface area contributed by atoms with E-state index in [1.165, 1.54) is 50.6 Å². The van der Waals surface area contributed by atoms with Crippen molar-refractivity contribution in [2.75, 3.05) is 6.54 Å². The van der Waals surface area contributed by atoms with Crippen molar-refractivity contribution in [1.82, 2.24) is 15.1 Å². The lowest BCUT2D eigenvalue weighted by atomic mass is 9.65. The number of aromatic nitrogens is 2. The van der Waals surface area contributed by atoms with Gasteiger partial charge in [0.2, 0.25) is 0 Å². The van der Waals surface area contributed by atoms with Gasteiger partial charge >= 0.3 is 0 Å². The molecule has 0 amide bonds. The van der Waals surface area contributed by atoms with Crippen molar-refractivity contribution < 1.29 is 0 Å². The van der Waals surface area contributed by atoms with Crippen molar-refractivity contribution in [3.8, 4) is 0 Å². The van der Waals surface area contributed by atoms with Gasteiger partial charge in [-0.25, -0.2) is 0 Å². The third-order valence-electron chi connectivity index (χ3n) is 5.43. The van der Waals surface area contributed by atoms with Crippen LogP contribution >= 0.6 is 0 Å². The van der Waals surface area contributed by atoms with E-state index in [2.05, 4.69) is 48.3 Å². The van der Waals surface area contributed by atoms with Crippen LogP contribution in [0.2, 0.25) is 0 Å². The number of hydrogen-bond donors (Lipinski definition) is 1. The molecule has 118 valence electrons. The third kappa shape index (κ3) is 4.09. The van der Waals surface area contributed by atoms with E-state index in [0.717, 1.165) is 24.4 Å². The Kier molecular flexibility index (Phi) is 4.39. The lowest BCUT2D eigenvalue weighted by Gasteiger charge is -2.41. The second-order valence-corrected chi connectivity index (χ2v) is 8.02. The zero-order valence-electron chi connectivity index (χ0n) is 13.9. The normalized spacial score (nSPS) is 28.7. The van der Waals surface area contributed by atoms with E-state index in [9.17, 15) is 0 Å². The summed E-state index contributed by atoms with van der Waals surface area (Å²) in [5.74, 6) is 1.66. The van der Waals surface area contributed by atoms with Crippen LogP contribution in [0.3, 0.4) is 0 Å². The molecule has 1 aromatic rings. The van der Waals surface area contributed by atoms with Gasteiger partial charge in [-0.05, 0) is 74.8 Å². The zero-order valence-corrected chi connectivity index (χ0v) is 13.9. The molecule has 0 saturated heterocycles. The second-order valence-electron chi connectivity index (χ2n) is 8.02. The van der Waals surface area contributed by atoms with Crippen LogP contribution in [0.5, 0.6) is 0 Å². The minimum atomic E-state index is 0.515. The Morgan fingerprint density at radius 2 is 2.10 bits per heavy atom. The first-order valence-electron chi connectivity index (χ1n) is 8.80. The van der Waals surface area contributed by atoms with Crippen molar-refractivity contribution in [3.63, 3.8) is 0 Å². The van der Waals surface area contributed by atoms with E-state index in [0.29, 0.717) is 5.41 Å². The molecule has 0 radical (unpaired) electrons. The predicted octanol–water partition coefficient (Wildman–Crippen LogP) is 3.64. The molecule has 0 aromatic carbocycles. The molecular weight excluding hydrogens is 258 g/mol. The molecule has 2 aliphatic rings. The molecule has 3 rings (SSSR count). The summed E-state index contributed by atoms with van der Waals surface area (Å²) in [6, 6.07) is 0.837. The number of rotatable bonds is 6. The third-order valence-corrected chi connectivity index (χ3v) is 5.43. The highest BCUT2D eigenvalue weighted by Crippen LogP contribution is 2.43. The summed E-state index contributed by atoms with van der Waals surface area (Å²) in [4.78, 5) is 0.